The van der Waals surface area contributed by atoms with Gasteiger partial charge in [-0.25, -0.2) is 4.79 Å². The lowest BCUT2D eigenvalue weighted by atomic mass is 10.1. The largest absolute Gasteiger partial charge is 0.493 e. The molecule has 31 heavy (non-hydrogen) atoms. The van der Waals surface area contributed by atoms with Crippen molar-refractivity contribution in [1.29, 1.82) is 0 Å². The van der Waals surface area contributed by atoms with E-state index in [9.17, 15) is 9.59 Å². The Hall–Kier alpha value is -3.59. The minimum absolute atomic E-state index is 0.192. The number of methoxy groups -OCH3 is 2. The van der Waals surface area contributed by atoms with Crippen LogP contribution in [0.3, 0.4) is 0 Å². The van der Waals surface area contributed by atoms with Crippen molar-refractivity contribution in [2.24, 2.45) is 10.2 Å². The SMILES string of the molecule is COC(=O)/C=C1/S/C(=N\N=Cc2ccc(OCc3cccc(C)c3)c(OC)c2)NC1=O. The number of rotatable bonds is 7. The number of amides is 1. The molecule has 1 saturated heterocycles. The van der Waals surface area contributed by atoms with Crippen LogP contribution in [0.1, 0.15) is 16.7 Å². The second-order valence-electron chi connectivity index (χ2n) is 6.43. The van der Waals surface area contributed by atoms with E-state index >= 15 is 0 Å². The van der Waals surface area contributed by atoms with Crippen LogP contribution < -0.4 is 14.8 Å². The van der Waals surface area contributed by atoms with Gasteiger partial charge in [0.1, 0.15) is 6.61 Å². The van der Waals surface area contributed by atoms with Crippen LogP contribution in [-0.2, 0) is 20.9 Å². The predicted molar refractivity (Wildman–Crippen MR) is 119 cm³/mol. The summed E-state index contributed by atoms with van der Waals surface area (Å²) < 4.78 is 15.8. The van der Waals surface area contributed by atoms with Gasteiger partial charge in [0.25, 0.3) is 5.91 Å². The van der Waals surface area contributed by atoms with Gasteiger partial charge in [-0.15, -0.1) is 5.10 Å². The summed E-state index contributed by atoms with van der Waals surface area (Å²) in [6, 6.07) is 13.5. The molecule has 2 aromatic rings. The van der Waals surface area contributed by atoms with Crippen molar-refractivity contribution in [1.82, 2.24) is 5.32 Å². The lowest BCUT2D eigenvalue weighted by Gasteiger charge is -2.11. The normalized spacial score (nSPS) is 16.0. The van der Waals surface area contributed by atoms with Crippen molar-refractivity contribution >= 4 is 35.0 Å². The third kappa shape index (κ3) is 6.19. The van der Waals surface area contributed by atoms with Crippen LogP contribution >= 0.6 is 11.8 Å². The molecule has 0 unspecified atom stereocenters. The summed E-state index contributed by atoms with van der Waals surface area (Å²) in [6.07, 6.45) is 2.63. The Morgan fingerprint density at radius 2 is 2.00 bits per heavy atom. The number of ether oxygens (including phenoxy) is 3. The third-order valence-corrected chi connectivity index (χ3v) is 5.02. The lowest BCUT2D eigenvalue weighted by molar-refractivity contribution is -0.135. The summed E-state index contributed by atoms with van der Waals surface area (Å²) in [5.41, 5.74) is 2.98. The highest BCUT2D eigenvalue weighted by Crippen LogP contribution is 2.28. The van der Waals surface area contributed by atoms with Gasteiger partial charge < -0.3 is 14.2 Å². The molecule has 0 aromatic heterocycles. The standard InChI is InChI=1S/C22H21N3O5S/c1-14-5-4-6-16(9-14)13-30-17-8-7-15(10-18(17)28-2)12-23-25-22-24-21(27)19(31-22)11-20(26)29-3/h4-12H,13H2,1-3H3,(H,24,25,27)/b19-11+,23-12?. The van der Waals surface area contributed by atoms with Crippen LogP contribution in [0.5, 0.6) is 11.5 Å². The number of nitrogens with one attached hydrogen (secondary N) is 1. The molecule has 0 spiro atoms. The quantitative estimate of drug-likeness (QED) is 0.308. The van der Waals surface area contributed by atoms with Crippen LogP contribution in [0, 0.1) is 6.92 Å². The zero-order chi connectivity index (χ0) is 22.2. The van der Waals surface area contributed by atoms with E-state index in [1.165, 1.54) is 18.9 Å². The van der Waals surface area contributed by atoms with Crippen LogP contribution in [0.25, 0.3) is 0 Å². The molecule has 160 valence electrons. The maximum Gasteiger partial charge on any atom is 0.331 e. The van der Waals surface area contributed by atoms with Crippen LogP contribution in [0.4, 0.5) is 0 Å². The van der Waals surface area contributed by atoms with Crippen molar-refractivity contribution < 1.29 is 23.8 Å². The number of amidine groups is 1. The number of nitrogens with zero attached hydrogens (tertiary/aromatic N) is 2. The molecular formula is C22H21N3O5S. The first-order valence-corrected chi connectivity index (χ1v) is 10.1. The maximum absolute atomic E-state index is 11.8. The topological polar surface area (TPSA) is 98.6 Å². The molecule has 2 aromatic carbocycles. The van der Waals surface area contributed by atoms with E-state index in [2.05, 4.69) is 26.3 Å². The minimum Gasteiger partial charge on any atom is -0.493 e. The van der Waals surface area contributed by atoms with Gasteiger partial charge >= 0.3 is 5.97 Å². The summed E-state index contributed by atoms with van der Waals surface area (Å²) in [5, 5.41) is 10.7. The summed E-state index contributed by atoms with van der Waals surface area (Å²) >= 11 is 1.00. The fourth-order valence-corrected chi connectivity index (χ4v) is 3.37. The van der Waals surface area contributed by atoms with Gasteiger partial charge in [-0.2, -0.15) is 5.10 Å². The second-order valence-corrected chi connectivity index (χ2v) is 7.46. The van der Waals surface area contributed by atoms with E-state index in [1.807, 2.05) is 31.2 Å². The molecule has 1 aliphatic rings. The highest BCUT2D eigenvalue weighted by molar-refractivity contribution is 8.18. The molecule has 1 aliphatic heterocycles. The third-order valence-electron chi connectivity index (χ3n) is 4.12. The van der Waals surface area contributed by atoms with Crippen molar-refractivity contribution in [2.75, 3.05) is 14.2 Å². The number of benzene rings is 2. The van der Waals surface area contributed by atoms with E-state index in [4.69, 9.17) is 9.47 Å². The van der Waals surface area contributed by atoms with Crippen molar-refractivity contribution in [2.45, 2.75) is 13.5 Å². The molecule has 8 nitrogen and oxygen atoms in total. The Morgan fingerprint density at radius 1 is 1.16 bits per heavy atom. The number of carbonyl (C=O) groups is 2. The monoisotopic (exact) mass is 439 g/mol. The van der Waals surface area contributed by atoms with Gasteiger partial charge in [0.15, 0.2) is 16.7 Å². The lowest BCUT2D eigenvalue weighted by Crippen LogP contribution is -2.19. The zero-order valence-corrected chi connectivity index (χ0v) is 18.1. The smallest absolute Gasteiger partial charge is 0.331 e. The number of hydrogen-bond donors (Lipinski definition) is 1. The summed E-state index contributed by atoms with van der Waals surface area (Å²) in [7, 11) is 2.80. The minimum atomic E-state index is -0.612. The number of esters is 1. The molecule has 0 radical (unpaired) electrons. The van der Waals surface area contributed by atoms with Crippen molar-refractivity contribution in [3.8, 4) is 11.5 Å². The van der Waals surface area contributed by atoms with Gasteiger partial charge in [0, 0.05) is 6.08 Å². The maximum atomic E-state index is 11.8. The molecule has 0 bridgehead atoms. The number of carbonyl (C=O) groups excluding carboxylic acids is 2. The molecule has 1 amide bonds. The van der Waals surface area contributed by atoms with Gasteiger partial charge in [-0.05, 0) is 48.0 Å². The van der Waals surface area contributed by atoms with E-state index in [0.717, 1.165) is 29.0 Å². The molecular weight excluding hydrogens is 418 g/mol. The van der Waals surface area contributed by atoms with Gasteiger partial charge in [0.05, 0.1) is 25.3 Å². The van der Waals surface area contributed by atoms with Crippen LogP contribution in [-0.4, -0.2) is 37.5 Å². The average Bonchev–Trinajstić information content (AvgIpc) is 3.11. The van der Waals surface area contributed by atoms with Crippen LogP contribution in [0.2, 0.25) is 0 Å². The number of aryl methyl sites for hydroxylation is 1. The second kappa shape index (κ2) is 10.4. The molecule has 1 N–H and O–H groups in total. The number of hydrogen-bond acceptors (Lipinski definition) is 8. The first-order chi connectivity index (χ1) is 15.0. The Labute approximate surface area is 184 Å². The van der Waals surface area contributed by atoms with E-state index in [1.54, 1.807) is 19.2 Å². The summed E-state index contributed by atoms with van der Waals surface area (Å²) in [5.74, 6) is 0.139. The molecule has 1 fully saturated rings. The summed E-state index contributed by atoms with van der Waals surface area (Å²) in [4.78, 5) is 23.3. The molecule has 1 heterocycles. The summed E-state index contributed by atoms with van der Waals surface area (Å²) in [6.45, 7) is 2.46. The Balaban J connectivity index is 1.65. The molecule has 9 heteroatoms. The number of thioether (sulfide) groups is 1. The molecule has 0 saturated carbocycles. The van der Waals surface area contributed by atoms with E-state index in [0.29, 0.717) is 18.1 Å². The first kappa shape index (κ1) is 22.1. The van der Waals surface area contributed by atoms with Crippen molar-refractivity contribution in [3.05, 3.63) is 70.1 Å². The molecule has 3 rings (SSSR count). The first-order valence-electron chi connectivity index (χ1n) is 9.24. The fourth-order valence-electron chi connectivity index (χ4n) is 2.64. The van der Waals surface area contributed by atoms with Crippen LogP contribution in [0.15, 0.2) is 63.6 Å². The van der Waals surface area contributed by atoms with Crippen molar-refractivity contribution in [3.63, 3.8) is 0 Å². The van der Waals surface area contributed by atoms with Gasteiger partial charge in [-0.3, -0.25) is 10.1 Å². The average molecular weight is 439 g/mol. The molecule has 0 aliphatic carbocycles. The van der Waals surface area contributed by atoms with Gasteiger partial charge in [0.2, 0.25) is 0 Å². The Morgan fingerprint density at radius 3 is 2.74 bits per heavy atom. The predicted octanol–water partition coefficient (Wildman–Crippen LogP) is 3.19. The van der Waals surface area contributed by atoms with E-state index in [-0.39, 0.29) is 10.1 Å². The van der Waals surface area contributed by atoms with E-state index < -0.39 is 11.9 Å². The molecule has 0 atom stereocenters. The highest BCUT2D eigenvalue weighted by Gasteiger charge is 2.25. The Bertz CT molecular complexity index is 1080. The fraction of sp³-hybridized carbons (Fsp3) is 0.182. The highest BCUT2D eigenvalue weighted by atomic mass is 32.2. The Kier molecular flexibility index (Phi) is 7.45. The van der Waals surface area contributed by atoms with Gasteiger partial charge in [-0.1, -0.05) is 29.8 Å². The zero-order valence-electron chi connectivity index (χ0n) is 17.2.